The molecule has 3 rings (SSSR count). The van der Waals surface area contributed by atoms with Crippen LogP contribution in [-0.2, 0) is 4.79 Å². The van der Waals surface area contributed by atoms with Crippen molar-refractivity contribution in [1.82, 2.24) is 9.97 Å². The number of rotatable bonds is 4. The van der Waals surface area contributed by atoms with E-state index in [-0.39, 0.29) is 11.7 Å². The van der Waals surface area contributed by atoms with Crippen LogP contribution in [0.4, 0.5) is 5.13 Å². The quantitative estimate of drug-likeness (QED) is 0.698. The molecule has 0 spiro atoms. The summed E-state index contributed by atoms with van der Waals surface area (Å²) in [5, 5.41) is 16.2. The molecule has 2 aromatic heterocycles. The van der Waals surface area contributed by atoms with E-state index in [1.54, 1.807) is 0 Å². The van der Waals surface area contributed by atoms with Gasteiger partial charge in [0.05, 0.1) is 22.5 Å². The largest absolute Gasteiger partial charge is 0.301 e. The summed E-state index contributed by atoms with van der Waals surface area (Å²) in [4.78, 5) is 20.9. The molecule has 1 amide bonds. The molecule has 5 nitrogen and oxygen atoms in total. The fourth-order valence-electron chi connectivity index (χ4n) is 2.53. The number of carbonyl (C=O) groups excluding carboxylic acids is 1. The number of thioether (sulfide) groups is 1. The summed E-state index contributed by atoms with van der Waals surface area (Å²) in [6.45, 7) is 5.90. The van der Waals surface area contributed by atoms with Crippen LogP contribution in [0.3, 0.4) is 0 Å². The highest BCUT2D eigenvalue weighted by Crippen LogP contribution is 2.27. The maximum absolute atomic E-state index is 12.1. The van der Waals surface area contributed by atoms with Crippen molar-refractivity contribution in [2.45, 2.75) is 25.8 Å². The number of nitriles is 1. The predicted molar refractivity (Wildman–Crippen MR) is 102 cm³/mol. The van der Waals surface area contributed by atoms with Gasteiger partial charge in [0, 0.05) is 10.8 Å². The average molecular weight is 368 g/mol. The van der Waals surface area contributed by atoms with Crippen molar-refractivity contribution in [2.75, 3.05) is 11.1 Å². The van der Waals surface area contributed by atoms with Gasteiger partial charge < -0.3 is 5.32 Å². The second kappa shape index (κ2) is 7.21. The molecule has 0 radical (unpaired) electrons. The Morgan fingerprint density at radius 3 is 2.76 bits per heavy atom. The number of carbonyl (C=O) groups is 1. The summed E-state index contributed by atoms with van der Waals surface area (Å²) in [6.07, 6.45) is 0. The number of aromatic nitrogens is 2. The van der Waals surface area contributed by atoms with Crippen LogP contribution in [-0.4, -0.2) is 21.6 Å². The fraction of sp³-hybridized carbons (Fsp3) is 0.222. The molecule has 0 aliphatic heterocycles. The molecule has 0 aliphatic rings. The lowest BCUT2D eigenvalue weighted by Gasteiger charge is -2.08. The van der Waals surface area contributed by atoms with Crippen molar-refractivity contribution in [2.24, 2.45) is 0 Å². The Morgan fingerprint density at radius 1 is 1.28 bits per heavy atom. The summed E-state index contributed by atoms with van der Waals surface area (Å²) in [5.41, 5.74) is 4.42. The van der Waals surface area contributed by atoms with E-state index < -0.39 is 0 Å². The summed E-state index contributed by atoms with van der Waals surface area (Å²) in [5.74, 6) is 0.0160. The number of nitrogens with zero attached hydrogens (tertiary/aromatic N) is 3. The minimum Gasteiger partial charge on any atom is -0.301 e. The number of aryl methyl sites for hydroxylation is 3. The lowest BCUT2D eigenvalue weighted by Crippen LogP contribution is -2.14. The zero-order chi connectivity index (χ0) is 18.0. The molecule has 0 unspecified atom stereocenters. The third-order valence-corrected chi connectivity index (χ3v) is 5.41. The van der Waals surface area contributed by atoms with Gasteiger partial charge in [0.1, 0.15) is 11.1 Å². The first-order valence-electron chi connectivity index (χ1n) is 7.63. The van der Waals surface area contributed by atoms with Gasteiger partial charge in [-0.2, -0.15) is 5.26 Å². The van der Waals surface area contributed by atoms with Crippen molar-refractivity contribution in [3.8, 4) is 6.07 Å². The molecule has 1 N–H and O–H groups in total. The van der Waals surface area contributed by atoms with E-state index in [9.17, 15) is 10.1 Å². The van der Waals surface area contributed by atoms with Gasteiger partial charge in [0.2, 0.25) is 5.91 Å². The molecular formula is C18H16N4OS2. The van der Waals surface area contributed by atoms with Crippen LogP contribution in [0.5, 0.6) is 0 Å². The summed E-state index contributed by atoms with van der Waals surface area (Å²) in [7, 11) is 0. The maximum Gasteiger partial charge on any atom is 0.236 e. The molecule has 126 valence electrons. The molecule has 2 heterocycles. The van der Waals surface area contributed by atoms with E-state index in [0.717, 1.165) is 27.7 Å². The van der Waals surface area contributed by atoms with Gasteiger partial charge in [-0.1, -0.05) is 23.4 Å². The third-order valence-electron chi connectivity index (χ3n) is 3.54. The first-order chi connectivity index (χ1) is 12.0. The van der Waals surface area contributed by atoms with Crippen LogP contribution >= 0.6 is 23.1 Å². The Kier molecular flexibility index (Phi) is 5.02. The average Bonchev–Trinajstić information content (AvgIpc) is 2.97. The zero-order valence-electron chi connectivity index (χ0n) is 14.1. The first-order valence-corrected chi connectivity index (χ1v) is 9.49. The number of hydrogen-bond donors (Lipinski definition) is 1. The van der Waals surface area contributed by atoms with E-state index in [0.29, 0.717) is 15.7 Å². The third kappa shape index (κ3) is 3.98. The minimum absolute atomic E-state index is 0.161. The SMILES string of the molecule is Cc1cc(C)c2nc(SCC(=O)Nc3nc(C)cs3)c(C#N)cc2c1. The van der Waals surface area contributed by atoms with E-state index in [1.807, 2.05) is 38.3 Å². The molecule has 3 aromatic rings. The van der Waals surface area contributed by atoms with Crippen LogP contribution < -0.4 is 5.32 Å². The number of fused-ring (bicyclic) bond motifs is 1. The second-order valence-electron chi connectivity index (χ2n) is 5.74. The number of nitrogens with one attached hydrogen (secondary N) is 1. The standard InChI is InChI=1S/C18H16N4OS2/c1-10-4-11(2)16-13(5-10)6-14(7-19)17(22-16)24-9-15(23)21-18-20-12(3)8-25-18/h4-6,8H,9H2,1-3H3,(H,20,21,23). The van der Waals surface area contributed by atoms with Gasteiger partial charge in [0.15, 0.2) is 5.13 Å². The van der Waals surface area contributed by atoms with E-state index in [4.69, 9.17) is 0 Å². The number of amides is 1. The minimum atomic E-state index is -0.161. The first kappa shape index (κ1) is 17.4. The van der Waals surface area contributed by atoms with E-state index >= 15 is 0 Å². The smallest absolute Gasteiger partial charge is 0.236 e. The van der Waals surface area contributed by atoms with Crippen LogP contribution in [0, 0.1) is 32.1 Å². The Labute approximate surface area is 154 Å². The van der Waals surface area contributed by atoms with Crippen LogP contribution in [0.2, 0.25) is 0 Å². The highest BCUT2D eigenvalue weighted by molar-refractivity contribution is 8.00. The molecule has 25 heavy (non-hydrogen) atoms. The molecular weight excluding hydrogens is 352 g/mol. The number of thiazole rings is 1. The number of hydrogen-bond acceptors (Lipinski definition) is 6. The second-order valence-corrected chi connectivity index (χ2v) is 7.56. The van der Waals surface area contributed by atoms with E-state index in [2.05, 4.69) is 27.4 Å². The Bertz CT molecular complexity index is 1000. The lowest BCUT2D eigenvalue weighted by atomic mass is 10.1. The maximum atomic E-state index is 12.1. The van der Waals surface area contributed by atoms with Crippen LogP contribution in [0.25, 0.3) is 10.9 Å². The fourth-order valence-corrected chi connectivity index (χ4v) is 3.99. The molecule has 0 saturated carbocycles. The van der Waals surface area contributed by atoms with Gasteiger partial charge in [-0.3, -0.25) is 4.79 Å². The Balaban J connectivity index is 1.80. The highest BCUT2D eigenvalue weighted by atomic mass is 32.2. The van der Waals surface area contributed by atoms with Crippen LogP contribution in [0.1, 0.15) is 22.4 Å². The van der Waals surface area contributed by atoms with Gasteiger partial charge >= 0.3 is 0 Å². The normalized spacial score (nSPS) is 10.6. The molecule has 0 atom stereocenters. The predicted octanol–water partition coefficient (Wildman–Crippen LogP) is 4.22. The summed E-state index contributed by atoms with van der Waals surface area (Å²) < 4.78 is 0. The topological polar surface area (TPSA) is 78.7 Å². The van der Waals surface area contributed by atoms with E-state index in [1.165, 1.54) is 23.1 Å². The van der Waals surface area contributed by atoms with Crippen molar-refractivity contribution < 1.29 is 4.79 Å². The van der Waals surface area contributed by atoms with Crippen molar-refractivity contribution in [3.63, 3.8) is 0 Å². The monoisotopic (exact) mass is 368 g/mol. The highest BCUT2D eigenvalue weighted by Gasteiger charge is 2.12. The number of pyridine rings is 1. The number of anilines is 1. The van der Waals surface area contributed by atoms with Crippen LogP contribution in [0.15, 0.2) is 28.6 Å². The lowest BCUT2D eigenvalue weighted by molar-refractivity contribution is -0.113. The molecule has 7 heteroatoms. The molecule has 0 aliphatic carbocycles. The molecule has 1 aromatic carbocycles. The van der Waals surface area contributed by atoms with Crippen molar-refractivity contribution in [3.05, 3.63) is 46.0 Å². The molecule has 0 bridgehead atoms. The number of benzene rings is 1. The van der Waals surface area contributed by atoms with Gasteiger partial charge in [-0.05, 0) is 38.5 Å². The van der Waals surface area contributed by atoms with Gasteiger partial charge in [-0.15, -0.1) is 11.3 Å². The molecule has 0 saturated heterocycles. The van der Waals surface area contributed by atoms with Crippen molar-refractivity contribution in [1.29, 1.82) is 5.26 Å². The zero-order valence-corrected chi connectivity index (χ0v) is 15.7. The summed E-state index contributed by atoms with van der Waals surface area (Å²) >= 11 is 2.66. The Hall–Kier alpha value is -2.43. The van der Waals surface area contributed by atoms with Gasteiger partial charge in [-0.25, -0.2) is 9.97 Å². The molecule has 0 fully saturated rings. The summed E-state index contributed by atoms with van der Waals surface area (Å²) in [6, 6.07) is 8.10. The van der Waals surface area contributed by atoms with Gasteiger partial charge in [0.25, 0.3) is 0 Å². The Morgan fingerprint density at radius 2 is 2.08 bits per heavy atom. The van der Waals surface area contributed by atoms with Crippen molar-refractivity contribution >= 4 is 45.0 Å².